The molecule has 1 fully saturated rings. The standard InChI is InChI=1S/C26H30Cl2N2O4/c1-2-34-26(33)20-9-6-14-30(18-20)24(31)13-16-29(15-12-19-7-4-3-5-8-19)25(32)22-11-10-21(27)17-23(22)28/h3-5,7-8,10-11,17,20H,2,6,9,12-16,18H2,1H3. The van der Waals surface area contributed by atoms with Crippen LogP contribution in [-0.2, 0) is 20.7 Å². The number of likely N-dealkylation sites (tertiary alicyclic amines) is 1. The van der Waals surface area contributed by atoms with E-state index in [9.17, 15) is 14.4 Å². The highest BCUT2D eigenvalue weighted by molar-refractivity contribution is 6.36. The number of carbonyl (C=O) groups excluding carboxylic acids is 3. The summed E-state index contributed by atoms with van der Waals surface area (Å²) < 4.78 is 5.13. The zero-order chi connectivity index (χ0) is 24.5. The van der Waals surface area contributed by atoms with Gasteiger partial charge in [0.25, 0.3) is 5.91 Å². The first-order valence-corrected chi connectivity index (χ1v) is 12.4. The number of benzene rings is 2. The summed E-state index contributed by atoms with van der Waals surface area (Å²) >= 11 is 12.3. The van der Waals surface area contributed by atoms with E-state index in [-0.39, 0.29) is 41.7 Å². The molecule has 3 rings (SSSR count). The number of esters is 1. The molecule has 8 heteroatoms. The van der Waals surface area contributed by atoms with E-state index < -0.39 is 0 Å². The van der Waals surface area contributed by atoms with Gasteiger partial charge in [-0.05, 0) is 49.9 Å². The maximum atomic E-state index is 13.3. The molecule has 2 aromatic carbocycles. The molecule has 34 heavy (non-hydrogen) atoms. The van der Waals surface area contributed by atoms with Crippen molar-refractivity contribution in [2.75, 3.05) is 32.8 Å². The molecule has 1 saturated heterocycles. The van der Waals surface area contributed by atoms with Gasteiger partial charge in [0.1, 0.15) is 0 Å². The van der Waals surface area contributed by atoms with Gasteiger partial charge in [-0.1, -0.05) is 53.5 Å². The Labute approximate surface area is 210 Å². The van der Waals surface area contributed by atoms with Crippen molar-refractivity contribution in [3.63, 3.8) is 0 Å². The minimum Gasteiger partial charge on any atom is -0.466 e. The van der Waals surface area contributed by atoms with Gasteiger partial charge in [0, 0.05) is 37.6 Å². The van der Waals surface area contributed by atoms with Gasteiger partial charge in [0.15, 0.2) is 0 Å². The number of carbonyl (C=O) groups is 3. The van der Waals surface area contributed by atoms with Crippen LogP contribution in [0.25, 0.3) is 0 Å². The molecule has 1 atom stereocenters. The summed E-state index contributed by atoms with van der Waals surface area (Å²) in [6.07, 6.45) is 2.30. The Kier molecular flexibility index (Phi) is 9.78. The Morgan fingerprint density at radius 2 is 1.85 bits per heavy atom. The third kappa shape index (κ3) is 7.21. The lowest BCUT2D eigenvalue weighted by molar-refractivity contribution is -0.151. The second kappa shape index (κ2) is 12.8. The van der Waals surface area contributed by atoms with Crippen molar-refractivity contribution >= 4 is 41.0 Å². The number of hydrogen-bond donors (Lipinski definition) is 0. The van der Waals surface area contributed by atoms with Crippen LogP contribution in [0.3, 0.4) is 0 Å². The number of ether oxygens (including phenoxy) is 1. The van der Waals surface area contributed by atoms with E-state index in [2.05, 4.69) is 0 Å². The van der Waals surface area contributed by atoms with Crippen LogP contribution in [0.1, 0.15) is 42.1 Å². The first kappa shape index (κ1) is 26.0. The van der Waals surface area contributed by atoms with Crippen LogP contribution in [0.5, 0.6) is 0 Å². The average Bonchev–Trinajstić information content (AvgIpc) is 2.84. The number of piperidine rings is 1. The van der Waals surface area contributed by atoms with E-state index in [1.54, 1.807) is 34.9 Å². The molecule has 0 aromatic heterocycles. The lowest BCUT2D eigenvalue weighted by atomic mass is 9.98. The van der Waals surface area contributed by atoms with Gasteiger partial charge < -0.3 is 14.5 Å². The summed E-state index contributed by atoms with van der Waals surface area (Å²) in [4.78, 5) is 41.8. The molecule has 0 aliphatic carbocycles. The molecular weight excluding hydrogens is 475 g/mol. The van der Waals surface area contributed by atoms with Crippen LogP contribution in [0, 0.1) is 5.92 Å². The van der Waals surface area contributed by atoms with E-state index in [4.69, 9.17) is 27.9 Å². The predicted molar refractivity (Wildman–Crippen MR) is 133 cm³/mol. The predicted octanol–water partition coefficient (Wildman–Crippen LogP) is 4.87. The minimum absolute atomic E-state index is 0.0753. The monoisotopic (exact) mass is 504 g/mol. The molecule has 2 aromatic rings. The van der Waals surface area contributed by atoms with Crippen molar-refractivity contribution in [3.8, 4) is 0 Å². The topological polar surface area (TPSA) is 66.9 Å². The highest BCUT2D eigenvalue weighted by Gasteiger charge is 2.29. The number of halogens is 2. The summed E-state index contributed by atoms with van der Waals surface area (Å²) in [6.45, 7) is 3.77. The van der Waals surface area contributed by atoms with Crippen molar-refractivity contribution in [2.24, 2.45) is 5.92 Å². The van der Waals surface area contributed by atoms with Crippen molar-refractivity contribution in [1.29, 1.82) is 0 Å². The lowest BCUT2D eigenvalue weighted by Gasteiger charge is -2.32. The van der Waals surface area contributed by atoms with Gasteiger partial charge in [-0.15, -0.1) is 0 Å². The first-order chi connectivity index (χ1) is 16.4. The van der Waals surface area contributed by atoms with Crippen LogP contribution in [0.2, 0.25) is 10.0 Å². The third-order valence-corrected chi connectivity index (χ3v) is 6.50. The molecular formula is C26H30Cl2N2O4. The molecule has 0 bridgehead atoms. The first-order valence-electron chi connectivity index (χ1n) is 11.6. The van der Waals surface area contributed by atoms with E-state index in [1.807, 2.05) is 30.3 Å². The fraction of sp³-hybridized carbons (Fsp3) is 0.423. The molecule has 2 amide bonds. The Bertz CT molecular complexity index is 1000. The summed E-state index contributed by atoms with van der Waals surface area (Å²) in [5, 5.41) is 0.732. The Hall–Kier alpha value is -2.57. The maximum Gasteiger partial charge on any atom is 0.310 e. The molecule has 1 aliphatic heterocycles. The molecule has 1 heterocycles. The molecule has 1 unspecified atom stereocenters. The fourth-order valence-corrected chi connectivity index (χ4v) is 4.59. The van der Waals surface area contributed by atoms with Crippen molar-refractivity contribution in [1.82, 2.24) is 9.80 Å². The summed E-state index contributed by atoms with van der Waals surface area (Å²) in [5.74, 6) is -0.861. The summed E-state index contributed by atoms with van der Waals surface area (Å²) in [5.41, 5.74) is 1.45. The normalized spacial score (nSPS) is 15.6. The van der Waals surface area contributed by atoms with E-state index in [1.165, 1.54) is 0 Å². The smallest absolute Gasteiger partial charge is 0.310 e. The largest absolute Gasteiger partial charge is 0.466 e. The molecule has 6 nitrogen and oxygen atoms in total. The van der Waals surface area contributed by atoms with E-state index >= 15 is 0 Å². The fourth-order valence-electron chi connectivity index (χ4n) is 4.10. The second-order valence-electron chi connectivity index (χ2n) is 8.33. The Morgan fingerprint density at radius 1 is 1.09 bits per heavy atom. The molecule has 0 radical (unpaired) electrons. The minimum atomic E-state index is -0.290. The molecule has 0 N–H and O–H groups in total. The molecule has 0 spiro atoms. The van der Waals surface area contributed by atoms with Crippen LogP contribution >= 0.6 is 23.2 Å². The number of hydrogen-bond acceptors (Lipinski definition) is 4. The molecule has 1 aliphatic rings. The van der Waals surface area contributed by atoms with Crippen molar-refractivity contribution < 1.29 is 19.1 Å². The Morgan fingerprint density at radius 3 is 2.56 bits per heavy atom. The Balaban J connectivity index is 1.67. The highest BCUT2D eigenvalue weighted by Crippen LogP contribution is 2.23. The number of rotatable bonds is 9. The summed E-state index contributed by atoms with van der Waals surface area (Å²) in [6, 6.07) is 14.7. The zero-order valence-electron chi connectivity index (χ0n) is 19.3. The quantitative estimate of drug-likeness (QED) is 0.456. The summed E-state index contributed by atoms with van der Waals surface area (Å²) in [7, 11) is 0. The van der Waals surface area contributed by atoms with Gasteiger partial charge in [0.05, 0.1) is 23.1 Å². The molecule has 182 valence electrons. The molecule has 0 saturated carbocycles. The van der Waals surface area contributed by atoms with Gasteiger partial charge in [-0.2, -0.15) is 0 Å². The van der Waals surface area contributed by atoms with Crippen LogP contribution in [0.4, 0.5) is 0 Å². The van der Waals surface area contributed by atoms with Crippen molar-refractivity contribution in [2.45, 2.75) is 32.6 Å². The van der Waals surface area contributed by atoms with Gasteiger partial charge in [-0.25, -0.2) is 0 Å². The number of amides is 2. The zero-order valence-corrected chi connectivity index (χ0v) is 20.9. The highest BCUT2D eigenvalue weighted by atomic mass is 35.5. The van der Waals surface area contributed by atoms with Crippen LogP contribution in [-0.4, -0.2) is 60.4 Å². The lowest BCUT2D eigenvalue weighted by Crippen LogP contribution is -2.44. The van der Waals surface area contributed by atoms with Crippen LogP contribution in [0.15, 0.2) is 48.5 Å². The van der Waals surface area contributed by atoms with Gasteiger partial charge >= 0.3 is 5.97 Å². The van der Waals surface area contributed by atoms with Crippen LogP contribution < -0.4 is 0 Å². The van der Waals surface area contributed by atoms with Crippen molar-refractivity contribution in [3.05, 3.63) is 69.7 Å². The SMILES string of the molecule is CCOC(=O)C1CCCN(C(=O)CCN(CCc2ccccc2)C(=O)c2ccc(Cl)cc2Cl)C1. The third-order valence-electron chi connectivity index (χ3n) is 5.95. The number of nitrogens with zero attached hydrogens (tertiary/aromatic N) is 2. The average molecular weight is 505 g/mol. The van der Waals surface area contributed by atoms with Gasteiger partial charge in [-0.3, -0.25) is 14.4 Å². The maximum absolute atomic E-state index is 13.3. The van der Waals surface area contributed by atoms with E-state index in [0.717, 1.165) is 18.4 Å². The second-order valence-corrected chi connectivity index (χ2v) is 9.18. The van der Waals surface area contributed by atoms with E-state index in [0.29, 0.717) is 43.2 Å². The van der Waals surface area contributed by atoms with Gasteiger partial charge in [0.2, 0.25) is 5.91 Å².